The Kier molecular flexibility index (Phi) is 4.93. The van der Waals surface area contributed by atoms with E-state index in [1.165, 1.54) is 30.6 Å². The van der Waals surface area contributed by atoms with Gasteiger partial charge in [0.25, 0.3) is 5.91 Å². The molecule has 21 heavy (non-hydrogen) atoms. The minimum atomic E-state index is -0.563. The fourth-order valence-corrected chi connectivity index (χ4v) is 2.39. The minimum Gasteiger partial charge on any atom is -0.495 e. The summed E-state index contributed by atoms with van der Waals surface area (Å²) < 4.78 is 18.8. The molecule has 1 aromatic heterocycles. The molecule has 1 amide bonds. The van der Waals surface area contributed by atoms with E-state index >= 15 is 0 Å². The van der Waals surface area contributed by atoms with Gasteiger partial charge in [0.2, 0.25) is 0 Å². The van der Waals surface area contributed by atoms with Crippen molar-refractivity contribution in [2.75, 3.05) is 19.0 Å². The molecule has 2 N–H and O–H groups in total. The molecule has 6 heteroatoms. The number of nitrogens with one attached hydrogen (secondary N) is 1. The Morgan fingerprint density at radius 2 is 2.29 bits per heavy atom. The number of hydrogen-bond donors (Lipinski definition) is 2. The molecular formula is C15H12FNO3S. The van der Waals surface area contributed by atoms with Gasteiger partial charge in [0, 0.05) is 5.69 Å². The molecule has 108 valence electrons. The van der Waals surface area contributed by atoms with Crippen molar-refractivity contribution in [1.82, 2.24) is 0 Å². The first-order chi connectivity index (χ1) is 10.2. The number of anilines is 1. The van der Waals surface area contributed by atoms with Crippen LogP contribution in [0.4, 0.5) is 10.1 Å². The van der Waals surface area contributed by atoms with Gasteiger partial charge in [0.15, 0.2) is 0 Å². The fourth-order valence-electron chi connectivity index (χ4n) is 1.64. The second-order valence-electron chi connectivity index (χ2n) is 3.93. The topological polar surface area (TPSA) is 58.6 Å². The number of methoxy groups -OCH3 is 1. The summed E-state index contributed by atoms with van der Waals surface area (Å²) in [7, 11) is 1.48. The molecule has 0 spiro atoms. The molecule has 0 fully saturated rings. The lowest BCUT2D eigenvalue weighted by Gasteiger charge is -2.06. The van der Waals surface area contributed by atoms with E-state index in [0.717, 1.165) is 0 Å². The number of ether oxygens (including phenoxy) is 1. The van der Waals surface area contributed by atoms with Crippen LogP contribution >= 0.6 is 11.3 Å². The number of amides is 1. The fraction of sp³-hybridized carbons (Fsp3) is 0.133. The third-order valence-corrected chi connectivity index (χ3v) is 3.48. The van der Waals surface area contributed by atoms with Crippen LogP contribution in [0.15, 0.2) is 29.6 Å². The zero-order valence-corrected chi connectivity index (χ0v) is 12.0. The minimum absolute atomic E-state index is 0.163. The van der Waals surface area contributed by atoms with Crippen LogP contribution < -0.4 is 10.1 Å². The Morgan fingerprint density at radius 3 is 2.95 bits per heavy atom. The van der Waals surface area contributed by atoms with Gasteiger partial charge in [0.05, 0.1) is 12.7 Å². The molecular weight excluding hydrogens is 293 g/mol. The van der Waals surface area contributed by atoms with E-state index in [9.17, 15) is 9.18 Å². The molecule has 0 unspecified atom stereocenters. The molecule has 0 aliphatic heterocycles. The van der Waals surface area contributed by atoms with E-state index < -0.39 is 5.82 Å². The molecule has 0 bridgehead atoms. The van der Waals surface area contributed by atoms with Crippen molar-refractivity contribution in [3.05, 3.63) is 45.9 Å². The molecule has 2 rings (SSSR count). The number of hydrogen-bond acceptors (Lipinski definition) is 4. The number of aliphatic hydroxyl groups excluding tert-OH is 1. The van der Waals surface area contributed by atoms with Crippen molar-refractivity contribution >= 4 is 22.9 Å². The summed E-state index contributed by atoms with van der Waals surface area (Å²) in [5.74, 6) is 4.40. The van der Waals surface area contributed by atoms with E-state index in [1.54, 1.807) is 17.5 Å². The van der Waals surface area contributed by atoms with E-state index in [-0.39, 0.29) is 18.1 Å². The lowest BCUT2D eigenvalue weighted by atomic mass is 10.2. The zero-order chi connectivity index (χ0) is 15.2. The maximum absolute atomic E-state index is 13.8. The van der Waals surface area contributed by atoms with Crippen molar-refractivity contribution in [1.29, 1.82) is 0 Å². The highest BCUT2D eigenvalue weighted by Gasteiger charge is 2.14. The SMILES string of the molecule is COc1ccsc1C(=O)Nc1ccc(C#CCO)c(F)c1. The van der Waals surface area contributed by atoms with Gasteiger partial charge in [-0.1, -0.05) is 11.8 Å². The van der Waals surface area contributed by atoms with Gasteiger partial charge in [-0.3, -0.25) is 4.79 Å². The third kappa shape index (κ3) is 3.60. The van der Waals surface area contributed by atoms with Crippen molar-refractivity contribution in [3.8, 4) is 17.6 Å². The molecule has 1 aromatic carbocycles. The average molecular weight is 305 g/mol. The van der Waals surface area contributed by atoms with Crippen LogP contribution in [-0.2, 0) is 0 Å². The smallest absolute Gasteiger partial charge is 0.269 e. The Hall–Kier alpha value is -2.36. The molecule has 2 aromatic rings. The Morgan fingerprint density at radius 1 is 1.48 bits per heavy atom. The number of halogens is 1. The van der Waals surface area contributed by atoms with Crippen LogP contribution in [0.25, 0.3) is 0 Å². The zero-order valence-electron chi connectivity index (χ0n) is 11.1. The van der Waals surface area contributed by atoms with Crippen molar-refractivity contribution in [2.45, 2.75) is 0 Å². The van der Waals surface area contributed by atoms with Gasteiger partial charge in [0.1, 0.15) is 23.1 Å². The predicted octanol–water partition coefficient (Wildman–Crippen LogP) is 2.49. The summed E-state index contributed by atoms with van der Waals surface area (Å²) in [6, 6.07) is 5.86. The Bertz CT molecular complexity index is 715. The Balaban J connectivity index is 2.17. The first kappa shape index (κ1) is 15.0. The van der Waals surface area contributed by atoms with Crippen LogP contribution in [0.3, 0.4) is 0 Å². The van der Waals surface area contributed by atoms with E-state index in [0.29, 0.717) is 16.3 Å². The summed E-state index contributed by atoms with van der Waals surface area (Å²) in [5, 5.41) is 12.9. The van der Waals surface area contributed by atoms with Crippen LogP contribution in [0.5, 0.6) is 5.75 Å². The maximum Gasteiger partial charge on any atom is 0.269 e. The predicted molar refractivity (Wildman–Crippen MR) is 79.2 cm³/mol. The average Bonchev–Trinajstić information content (AvgIpc) is 2.95. The number of carbonyl (C=O) groups is 1. The lowest BCUT2D eigenvalue weighted by Crippen LogP contribution is -2.11. The summed E-state index contributed by atoms with van der Waals surface area (Å²) in [6.07, 6.45) is 0. The highest BCUT2D eigenvalue weighted by molar-refractivity contribution is 7.12. The molecule has 0 aliphatic carbocycles. The van der Waals surface area contributed by atoms with Gasteiger partial charge in [-0.15, -0.1) is 11.3 Å². The molecule has 0 radical (unpaired) electrons. The summed E-state index contributed by atoms with van der Waals surface area (Å²) in [4.78, 5) is 12.5. The molecule has 1 heterocycles. The van der Waals surface area contributed by atoms with E-state index in [1.807, 2.05) is 0 Å². The number of aliphatic hydroxyl groups is 1. The maximum atomic E-state index is 13.8. The second-order valence-corrected chi connectivity index (χ2v) is 4.84. The lowest BCUT2D eigenvalue weighted by molar-refractivity contribution is 0.102. The van der Waals surface area contributed by atoms with Gasteiger partial charge in [-0.2, -0.15) is 0 Å². The summed E-state index contributed by atoms with van der Waals surface area (Å²) in [6.45, 7) is -0.337. The number of rotatable bonds is 3. The third-order valence-electron chi connectivity index (χ3n) is 2.58. The van der Waals surface area contributed by atoms with Crippen LogP contribution in [0.2, 0.25) is 0 Å². The number of thiophene rings is 1. The first-order valence-electron chi connectivity index (χ1n) is 5.98. The molecule has 4 nitrogen and oxygen atoms in total. The second kappa shape index (κ2) is 6.88. The van der Waals surface area contributed by atoms with Gasteiger partial charge in [-0.25, -0.2) is 4.39 Å². The van der Waals surface area contributed by atoms with Crippen molar-refractivity contribution < 1.29 is 19.0 Å². The molecule has 0 aliphatic rings. The monoisotopic (exact) mass is 305 g/mol. The van der Waals surface area contributed by atoms with E-state index in [2.05, 4.69) is 17.2 Å². The van der Waals surface area contributed by atoms with Crippen LogP contribution in [0, 0.1) is 17.7 Å². The van der Waals surface area contributed by atoms with Gasteiger partial charge < -0.3 is 15.2 Å². The highest BCUT2D eigenvalue weighted by atomic mass is 32.1. The summed E-state index contributed by atoms with van der Waals surface area (Å²) in [5.41, 5.74) is 0.484. The quantitative estimate of drug-likeness (QED) is 0.857. The largest absolute Gasteiger partial charge is 0.495 e. The molecule has 0 atom stereocenters. The summed E-state index contributed by atoms with van der Waals surface area (Å²) >= 11 is 1.24. The van der Waals surface area contributed by atoms with Gasteiger partial charge >= 0.3 is 0 Å². The van der Waals surface area contributed by atoms with Gasteiger partial charge in [-0.05, 0) is 29.6 Å². The van der Waals surface area contributed by atoms with Crippen molar-refractivity contribution in [2.24, 2.45) is 0 Å². The first-order valence-corrected chi connectivity index (χ1v) is 6.85. The van der Waals surface area contributed by atoms with Crippen molar-refractivity contribution in [3.63, 3.8) is 0 Å². The molecule has 0 saturated carbocycles. The molecule has 0 saturated heterocycles. The number of carbonyl (C=O) groups excluding carboxylic acids is 1. The Labute approximate surface area is 125 Å². The normalized spacial score (nSPS) is 9.67. The standard InChI is InChI=1S/C15H12FNO3S/c1-20-13-6-8-21-14(13)15(19)17-11-5-4-10(3-2-7-18)12(16)9-11/h4-6,8-9,18H,7H2,1H3,(H,17,19). The highest BCUT2D eigenvalue weighted by Crippen LogP contribution is 2.25. The number of benzene rings is 1. The van der Waals surface area contributed by atoms with Crippen LogP contribution in [0.1, 0.15) is 15.2 Å². The van der Waals surface area contributed by atoms with E-state index in [4.69, 9.17) is 9.84 Å². The van der Waals surface area contributed by atoms with Crippen LogP contribution in [-0.4, -0.2) is 24.7 Å².